The lowest BCUT2D eigenvalue weighted by Gasteiger charge is -2.08. The summed E-state index contributed by atoms with van der Waals surface area (Å²) in [7, 11) is 0. The molecule has 0 heterocycles. The fourth-order valence-electron chi connectivity index (χ4n) is 1.16. The SMILES string of the molecule is Nc1ccc(C(=O)NCCOCC(F)(F)F)cc1. The number of nitrogens with two attached hydrogens (primary N) is 1. The molecule has 4 nitrogen and oxygen atoms in total. The van der Waals surface area contributed by atoms with Gasteiger partial charge in [0.2, 0.25) is 0 Å². The molecule has 0 aromatic heterocycles. The fourth-order valence-corrected chi connectivity index (χ4v) is 1.16. The molecule has 3 N–H and O–H groups in total. The minimum atomic E-state index is -4.35. The van der Waals surface area contributed by atoms with Crippen molar-refractivity contribution < 1.29 is 22.7 Å². The Labute approximate surface area is 102 Å². The summed E-state index contributed by atoms with van der Waals surface area (Å²) in [4.78, 5) is 11.5. The van der Waals surface area contributed by atoms with Gasteiger partial charge in [-0.1, -0.05) is 0 Å². The van der Waals surface area contributed by atoms with Crippen LogP contribution in [0.5, 0.6) is 0 Å². The predicted molar refractivity (Wildman–Crippen MR) is 60.1 cm³/mol. The summed E-state index contributed by atoms with van der Waals surface area (Å²) < 4.78 is 39.5. The minimum absolute atomic E-state index is 0.0132. The molecular formula is C11H13F3N2O2. The minimum Gasteiger partial charge on any atom is -0.399 e. The molecule has 7 heteroatoms. The topological polar surface area (TPSA) is 64.4 Å². The van der Waals surface area contributed by atoms with E-state index in [2.05, 4.69) is 10.1 Å². The molecule has 0 aliphatic carbocycles. The number of carbonyl (C=O) groups is 1. The summed E-state index contributed by atoms with van der Waals surface area (Å²) in [5, 5.41) is 2.43. The lowest BCUT2D eigenvalue weighted by molar-refractivity contribution is -0.173. The summed E-state index contributed by atoms with van der Waals surface area (Å²) in [5.41, 5.74) is 6.37. The Morgan fingerprint density at radius 2 is 1.89 bits per heavy atom. The van der Waals surface area contributed by atoms with E-state index in [-0.39, 0.29) is 19.1 Å². The lowest BCUT2D eigenvalue weighted by Crippen LogP contribution is -2.28. The monoisotopic (exact) mass is 262 g/mol. The first-order valence-corrected chi connectivity index (χ1v) is 5.17. The van der Waals surface area contributed by atoms with Crippen molar-refractivity contribution in [2.45, 2.75) is 6.18 Å². The van der Waals surface area contributed by atoms with E-state index in [4.69, 9.17) is 5.73 Å². The Bertz CT molecular complexity index is 390. The van der Waals surface area contributed by atoms with Crippen LogP contribution in [-0.2, 0) is 4.74 Å². The molecule has 0 bridgehead atoms. The zero-order chi connectivity index (χ0) is 13.6. The van der Waals surface area contributed by atoms with Gasteiger partial charge >= 0.3 is 6.18 Å². The number of amides is 1. The van der Waals surface area contributed by atoms with E-state index in [0.29, 0.717) is 11.3 Å². The lowest BCUT2D eigenvalue weighted by atomic mass is 10.2. The number of nitrogens with one attached hydrogen (secondary N) is 1. The van der Waals surface area contributed by atoms with Gasteiger partial charge in [-0.2, -0.15) is 13.2 Å². The molecule has 0 spiro atoms. The third-order valence-corrected chi connectivity index (χ3v) is 1.97. The van der Waals surface area contributed by atoms with E-state index in [1.165, 1.54) is 12.1 Å². The maximum absolute atomic E-state index is 11.7. The highest BCUT2D eigenvalue weighted by Gasteiger charge is 2.27. The highest BCUT2D eigenvalue weighted by molar-refractivity contribution is 5.94. The van der Waals surface area contributed by atoms with Crippen molar-refractivity contribution in [1.29, 1.82) is 0 Å². The van der Waals surface area contributed by atoms with Crippen molar-refractivity contribution in [3.63, 3.8) is 0 Å². The average Bonchev–Trinajstić information content (AvgIpc) is 2.27. The van der Waals surface area contributed by atoms with E-state index in [0.717, 1.165) is 0 Å². The molecule has 1 aromatic rings. The van der Waals surface area contributed by atoms with Crippen LogP contribution in [0.1, 0.15) is 10.4 Å². The molecule has 0 fully saturated rings. The molecule has 1 amide bonds. The Morgan fingerprint density at radius 1 is 1.28 bits per heavy atom. The Balaban J connectivity index is 2.24. The van der Waals surface area contributed by atoms with Crippen molar-refractivity contribution in [3.05, 3.63) is 29.8 Å². The van der Waals surface area contributed by atoms with E-state index in [1.807, 2.05) is 0 Å². The largest absolute Gasteiger partial charge is 0.411 e. The zero-order valence-corrected chi connectivity index (χ0v) is 9.46. The van der Waals surface area contributed by atoms with E-state index in [1.54, 1.807) is 12.1 Å². The van der Waals surface area contributed by atoms with Crippen molar-refractivity contribution in [1.82, 2.24) is 5.32 Å². The number of nitrogen functional groups attached to an aromatic ring is 1. The normalized spacial score (nSPS) is 11.3. The first-order chi connectivity index (χ1) is 8.38. The smallest absolute Gasteiger partial charge is 0.399 e. The molecule has 1 rings (SSSR count). The third-order valence-electron chi connectivity index (χ3n) is 1.97. The molecule has 0 atom stereocenters. The first-order valence-electron chi connectivity index (χ1n) is 5.17. The van der Waals surface area contributed by atoms with Gasteiger partial charge in [-0.05, 0) is 24.3 Å². The van der Waals surface area contributed by atoms with Crippen LogP contribution in [0.3, 0.4) is 0 Å². The number of benzene rings is 1. The second-order valence-electron chi connectivity index (χ2n) is 3.55. The number of hydrogen-bond acceptors (Lipinski definition) is 3. The van der Waals surface area contributed by atoms with Crippen LogP contribution in [0.25, 0.3) is 0 Å². The zero-order valence-electron chi connectivity index (χ0n) is 9.46. The van der Waals surface area contributed by atoms with E-state index >= 15 is 0 Å². The first kappa shape index (κ1) is 14.3. The molecular weight excluding hydrogens is 249 g/mol. The summed E-state index contributed by atoms with van der Waals surface area (Å²) in [6.07, 6.45) is -4.35. The van der Waals surface area contributed by atoms with Gasteiger partial charge in [0, 0.05) is 17.8 Å². The van der Waals surface area contributed by atoms with Gasteiger partial charge in [-0.3, -0.25) is 4.79 Å². The molecule has 1 aromatic carbocycles. The van der Waals surface area contributed by atoms with Gasteiger partial charge in [0.1, 0.15) is 6.61 Å². The van der Waals surface area contributed by atoms with Crippen LogP contribution in [0.2, 0.25) is 0 Å². The number of alkyl halides is 3. The second kappa shape index (κ2) is 6.25. The van der Waals surface area contributed by atoms with Crippen molar-refractivity contribution in [2.24, 2.45) is 0 Å². The van der Waals surface area contributed by atoms with Crippen molar-refractivity contribution >= 4 is 11.6 Å². The Morgan fingerprint density at radius 3 is 2.44 bits per heavy atom. The van der Waals surface area contributed by atoms with Crippen LogP contribution < -0.4 is 11.1 Å². The van der Waals surface area contributed by atoms with Gasteiger partial charge in [0.15, 0.2) is 0 Å². The molecule has 100 valence electrons. The highest BCUT2D eigenvalue weighted by Crippen LogP contribution is 2.13. The fraction of sp³-hybridized carbons (Fsp3) is 0.364. The summed E-state index contributed by atoms with van der Waals surface area (Å²) >= 11 is 0. The van der Waals surface area contributed by atoms with Gasteiger partial charge in [-0.15, -0.1) is 0 Å². The highest BCUT2D eigenvalue weighted by atomic mass is 19.4. The summed E-state index contributed by atoms with van der Waals surface area (Å²) in [5.74, 6) is -0.384. The van der Waals surface area contributed by atoms with Gasteiger partial charge < -0.3 is 15.8 Å². The molecule has 0 aliphatic heterocycles. The number of ether oxygens (including phenoxy) is 1. The summed E-state index contributed by atoms with van der Waals surface area (Å²) in [6, 6.07) is 6.19. The summed E-state index contributed by atoms with van der Waals surface area (Å²) in [6.45, 7) is -1.50. The average molecular weight is 262 g/mol. The van der Waals surface area contributed by atoms with Crippen LogP contribution in [0, 0.1) is 0 Å². The van der Waals surface area contributed by atoms with Crippen LogP contribution in [0.4, 0.5) is 18.9 Å². The molecule has 0 radical (unpaired) electrons. The molecule has 0 saturated carbocycles. The number of anilines is 1. The van der Waals surface area contributed by atoms with Crippen molar-refractivity contribution in [3.8, 4) is 0 Å². The van der Waals surface area contributed by atoms with E-state index < -0.39 is 12.8 Å². The van der Waals surface area contributed by atoms with Crippen LogP contribution in [0.15, 0.2) is 24.3 Å². The third kappa shape index (κ3) is 5.53. The number of rotatable bonds is 5. The number of halogens is 3. The van der Waals surface area contributed by atoms with E-state index in [9.17, 15) is 18.0 Å². The van der Waals surface area contributed by atoms with Gasteiger partial charge in [0.25, 0.3) is 5.91 Å². The quantitative estimate of drug-likeness (QED) is 0.625. The van der Waals surface area contributed by atoms with Gasteiger partial charge in [-0.25, -0.2) is 0 Å². The molecule has 0 saturated heterocycles. The standard InChI is InChI=1S/C11H13F3N2O2/c12-11(13,14)7-18-6-5-16-10(17)8-1-3-9(15)4-2-8/h1-4H,5-7,15H2,(H,16,17). The molecule has 0 aliphatic rings. The van der Waals surface area contributed by atoms with Crippen molar-refractivity contribution in [2.75, 3.05) is 25.5 Å². The maximum Gasteiger partial charge on any atom is 0.411 e. The van der Waals surface area contributed by atoms with Gasteiger partial charge in [0.05, 0.1) is 6.61 Å². The predicted octanol–water partition coefficient (Wildman–Crippen LogP) is 1.58. The molecule has 18 heavy (non-hydrogen) atoms. The van der Waals surface area contributed by atoms with Crippen LogP contribution >= 0.6 is 0 Å². The van der Waals surface area contributed by atoms with Crippen LogP contribution in [-0.4, -0.2) is 31.8 Å². The number of carbonyl (C=O) groups excluding carboxylic acids is 1. The maximum atomic E-state index is 11.7. The molecule has 0 unspecified atom stereocenters. The Hall–Kier alpha value is -1.76. The number of hydrogen-bond donors (Lipinski definition) is 2. The second-order valence-corrected chi connectivity index (χ2v) is 3.55. The Kier molecular flexibility index (Phi) is 4.96.